The van der Waals surface area contributed by atoms with Crippen LogP contribution in [0.1, 0.15) is 22.3 Å². The van der Waals surface area contributed by atoms with E-state index in [0.717, 1.165) is 11.8 Å². The van der Waals surface area contributed by atoms with E-state index in [1.165, 1.54) is 0 Å². The quantitative estimate of drug-likeness (QED) is 0.791. The zero-order valence-electron chi connectivity index (χ0n) is 10.6. The van der Waals surface area contributed by atoms with Crippen molar-refractivity contribution in [3.63, 3.8) is 0 Å². The van der Waals surface area contributed by atoms with Gasteiger partial charge < -0.3 is 15.2 Å². The first kappa shape index (κ1) is 15.0. The van der Waals surface area contributed by atoms with Crippen LogP contribution in [0.15, 0.2) is 18.2 Å². The number of para-hydroxylation sites is 1. The molecule has 0 saturated carbocycles. The average molecular weight is 316 g/mol. The molecule has 4 nitrogen and oxygen atoms in total. The van der Waals surface area contributed by atoms with E-state index >= 15 is 0 Å². The number of carbonyl (C=O) groups is 1. The molecule has 5 heteroatoms. The highest BCUT2D eigenvalue weighted by atomic mass is 79.9. The summed E-state index contributed by atoms with van der Waals surface area (Å²) in [5.74, 6) is -0.246. The molecule has 1 rings (SSSR count). The van der Waals surface area contributed by atoms with Gasteiger partial charge in [-0.2, -0.15) is 0 Å². The first-order valence-electron chi connectivity index (χ1n) is 5.74. The second-order valence-corrected chi connectivity index (χ2v) is 4.87. The van der Waals surface area contributed by atoms with Gasteiger partial charge in [-0.05, 0) is 25.0 Å². The predicted molar refractivity (Wildman–Crippen MR) is 74.4 cm³/mol. The normalized spacial score (nSPS) is 12.2. The Labute approximate surface area is 115 Å². The van der Waals surface area contributed by atoms with Crippen molar-refractivity contribution in [1.29, 1.82) is 0 Å². The minimum absolute atomic E-state index is 0.0324. The summed E-state index contributed by atoms with van der Waals surface area (Å²) in [4.78, 5) is 12.0. The van der Waals surface area contributed by atoms with Crippen molar-refractivity contribution in [2.24, 2.45) is 0 Å². The van der Waals surface area contributed by atoms with Crippen molar-refractivity contribution in [1.82, 2.24) is 5.32 Å². The third-order valence-electron chi connectivity index (χ3n) is 2.64. The summed E-state index contributed by atoms with van der Waals surface area (Å²) in [5, 5.41) is 13.5. The zero-order chi connectivity index (χ0) is 13.5. The zero-order valence-corrected chi connectivity index (χ0v) is 12.2. The van der Waals surface area contributed by atoms with Crippen LogP contribution in [0.5, 0.6) is 5.75 Å². The van der Waals surface area contributed by atoms with Gasteiger partial charge in [0.05, 0.1) is 18.2 Å². The summed E-state index contributed by atoms with van der Waals surface area (Å²) < 4.78 is 5.05. The summed E-state index contributed by atoms with van der Waals surface area (Å²) in [5.41, 5.74) is 0.983. The van der Waals surface area contributed by atoms with E-state index in [-0.39, 0.29) is 17.7 Å². The van der Waals surface area contributed by atoms with Crippen molar-refractivity contribution in [2.75, 3.05) is 19.0 Å². The highest BCUT2D eigenvalue weighted by Gasteiger charge is 2.16. The molecule has 0 radical (unpaired) electrons. The summed E-state index contributed by atoms with van der Waals surface area (Å²) in [7, 11) is 1.59. The van der Waals surface area contributed by atoms with Crippen LogP contribution in [0.4, 0.5) is 0 Å². The van der Waals surface area contributed by atoms with E-state index in [2.05, 4.69) is 21.2 Å². The molecule has 0 aliphatic rings. The van der Waals surface area contributed by atoms with Crippen LogP contribution in [0.2, 0.25) is 0 Å². The molecule has 0 aliphatic carbocycles. The number of halogens is 1. The number of ether oxygens (including phenoxy) is 1. The van der Waals surface area contributed by atoms with Crippen LogP contribution in [-0.2, 0) is 4.74 Å². The van der Waals surface area contributed by atoms with Gasteiger partial charge in [0.15, 0.2) is 0 Å². The number of benzene rings is 1. The van der Waals surface area contributed by atoms with Gasteiger partial charge in [0.25, 0.3) is 5.91 Å². The lowest BCUT2D eigenvalue weighted by molar-refractivity contribution is 0.0892. The van der Waals surface area contributed by atoms with E-state index < -0.39 is 0 Å². The molecule has 1 amide bonds. The molecule has 1 unspecified atom stereocenters. The first-order valence-corrected chi connectivity index (χ1v) is 6.86. The van der Waals surface area contributed by atoms with Crippen molar-refractivity contribution >= 4 is 21.8 Å². The number of methoxy groups -OCH3 is 1. The summed E-state index contributed by atoms with van der Waals surface area (Å²) >= 11 is 3.34. The molecule has 0 aromatic heterocycles. The number of nitrogens with one attached hydrogen (secondary N) is 1. The van der Waals surface area contributed by atoms with Crippen molar-refractivity contribution in [3.05, 3.63) is 29.3 Å². The fourth-order valence-corrected chi connectivity index (χ4v) is 2.19. The average Bonchev–Trinajstić information content (AvgIpc) is 2.33. The van der Waals surface area contributed by atoms with Crippen molar-refractivity contribution in [3.8, 4) is 5.75 Å². The van der Waals surface area contributed by atoms with Gasteiger partial charge >= 0.3 is 0 Å². The van der Waals surface area contributed by atoms with Gasteiger partial charge in [-0.3, -0.25) is 4.79 Å². The third-order valence-corrected chi connectivity index (χ3v) is 3.10. The standard InChI is InChI=1S/C13H18BrNO3/c1-9-4-3-5-11(12(9)16)13(17)15-10(6-7-14)8-18-2/h3-5,10,16H,6-8H2,1-2H3,(H,15,17). The minimum Gasteiger partial charge on any atom is -0.507 e. The van der Waals surface area contributed by atoms with Gasteiger partial charge in [-0.1, -0.05) is 28.1 Å². The first-order chi connectivity index (χ1) is 8.60. The van der Waals surface area contributed by atoms with Crippen LogP contribution >= 0.6 is 15.9 Å². The number of hydrogen-bond acceptors (Lipinski definition) is 3. The molecule has 18 heavy (non-hydrogen) atoms. The molecule has 0 spiro atoms. The Morgan fingerprint density at radius 1 is 1.56 bits per heavy atom. The number of alkyl halides is 1. The van der Waals surface area contributed by atoms with E-state index in [1.807, 2.05) is 0 Å². The maximum absolute atomic E-state index is 12.0. The van der Waals surface area contributed by atoms with Crippen LogP contribution < -0.4 is 5.32 Å². The number of rotatable bonds is 6. The lowest BCUT2D eigenvalue weighted by Crippen LogP contribution is -2.38. The minimum atomic E-state index is -0.279. The Kier molecular flexibility index (Phi) is 6.15. The van der Waals surface area contributed by atoms with Crippen molar-refractivity contribution < 1.29 is 14.6 Å². The Morgan fingerprint density at radius 2 is 2.28 bits per heavy atom. The molecule has 0 heterocycles. The van der Waals surface area contributed by atoms with Gasteiger partial charge in [0.2, 0.25) is 0 Å². The molecule has 100 valence electrons. The topological polar surface area (TPSA) is 58.6 Å². The highest BCUT2D eigenvalue weighted by molar-refractivity contribution is 9.09. The van der Waals surface area contributed by atoms with Crippen LogP contribution in [0, 0.1) is 6.92 Å². The number of aryl methyl sites for hydroxylation is 1. The van der Waals surface area contributed by atoms with Gasteiger partial charge in [0, 0.05) is 12.4 Å². The molecule has 1 aromatic carbocycles. The number of phenols is 1. The molecule has 0 aliphatic heterocycles. The molecule has 1 aromatic rings. The SMILES string of the molecule is COCC(CCBr)NC(=O)c1cccc(C)c1O. The number of amides is 1. The largest absolute Gasteiger partial charge is 0.507 e. The molecule has 1 atom stereocenters. The van der Waals surface area contributed by atoms with Gasteiger partial charge in [-0.25, -0.2) is 0 Å². The second-order valence-electron chi connectivity index (χ2n) is 4.07. The fraction of sp³-hybridized carbons (Fsp3) is 0.462. The number of hydrogen-bond donors (Lipinski definition) is 2. The van der Waals surface area contributed by atoms with Crippen molar-refractivity contribution in [2.45, 2.75) is 19.4 Å². The lowest BCUT2D eigenvalue weighted by Gasteiger charge is -2.17. The molecular formula is C13H18BrNO3. The summed E-state index contributed by atoms with van der Waals surface area (Å²) in [6.07, 6.45) is 0.770. The third kappa shape index (κ3) is 3.99. The van der Waals surface area contributed by atoms with E-state index in [0.29, 0.717) is 17.7 Å². The number of aromatic hydroxyl groups is 1. The maximum atomic E-state index is 12.0. The Morgan fingerprint density at radius 3 is 2.89 bits per heavy atom. The monoisotopic (exact) mass is 315 g/mol. The Bertz CT molecular complexity index is 403. The molecule has 0 saturated heterocycles. The number of phenolic OH excluding ortho intramolecular Hbond substituents is 1. The molecule has 2 N–H and O–H groups in total. The van der Waals surface area contributed by atoms with E-state index in [9.17, 15) is 9.90 Å². The predicted octanol–water partition coefficient (Wildman–Crippen LogP) is 2.23. The summed E-state index contributed by atoms with van der Waals surface area (Å²) in [6, 6.07) is 5.05. The summed E-state index contributed by atoms with van der Waals surface area (Å²) in [6.45, 7) is 2.21. The molecule has 0 bridgehead atoms. The molecule has 0 fully saturated rings. The fourth-order valence-electron chi connectivity index (χ4n) is 1.64. The van der Waals surface area contributed by atoms with E-state index in [1.54, 1.807) is 32.2 Å². The van der Waals surface area contributed by atoms with Gasteiger partial charge in [0.1, 0.15) is 5.75 Å². The van der Waals surface area contributed by atoms with Gasteiger partial charge in [-0.15, -0.1) is 0 Å². The highest BCUT2D eigenvalue weighted by Crippen LogP contribution is 2.21. The Balaban J connectivity index is 2.77. The maximum Gasteiger partial charge on any atom is 0.255 e. The molecular weight excluding hydrogens is 298 g/mol. The van der Waals surface area contributed by atoms with Crippen LogP contribution in [0.3, 0.4) is 0 Å². The number of carbonyl (C=O) groups excluding carboxylic acids is 1. The van der Waals surface area contributed by atoms with Crippen LogP contribution in [-0.4, -0.2) is 36.1 Å². The van der Waals surface area contributed by atoms with E-state index in [4.69, 9.17) is 4.74 Å². The second kappa shape index (κ2) is 7.38. The smallest absolute Gasteiger partial charge is 0.255 e. The Hall–Kier alpha value is -1.07. The van der Waals surface area contributed by atoms with Crippen LogP contribution in [0.25, 0.3) is 0 Å². The lowest BCUT2D eigenvalue weighted by atomic mass is 10.1.